The van der Waals surface area contributed by atoms with Crippen LogP contribution in [0.5, 0.6) is 0 Å². The van der Waals surface area contributed by atoms with Crippen molar-refractivity contribution in [1.29, 1.82) is 0 Å². The normalized spacial score (nSPS) is 18.8. The molecule has 0 aliphatic carbocycles. The van der Waals surface area contributed by atoms with Crippen LogP contribution in [0.15, 0.2) is 29.3 Å². The van der Waals surface area contributed by atoms with Gasteiger partial charge in [-0.1, -0.05) is 12.1 Å². The highest BCUT2D eigenvalue weighted by molar-refractivity contribution is 5.94. The largest absolute Gasteiger partial charge is 0.444 e. The Kier molecular flexibility index (Phi) is 6.30. The van der Waals surface area contributed by atoms with E-state index in [1.54, 1.807) is 4.90 Å². The minimum absolute atomic E-state index is 0.0640. The summed E-state index contributed by atoms with van der Waals surface area (Å²) >= 11 is 0. The molecule has 2 amide bonds. The van der Waals surface area contributed by atoms with Crippen LogP contribution in [0.4, 0.5) is 4.79 Å². The fourth-order valence-corrected chi connectivity index (χ4v) is 3.49. The maximum atomic E-state index is 12.3. The van der Waals surface area contributed by atoms with Crippen molar-refractivity contribution in [2.75, 3.05) is 32.7 Å². The zero-order valence-electron chi connectivity index (χ0n) is 17.7. The molecular formula is C21H31N5O3. The molecule has 0 spiro atoms. The predicted octanol–water partition coefficient (Wildman–Crippen LogP) is 1.82. The number of carbonyl (C=O) groups excluding carboxylic acids is 2. The SMILES string of the molecule is CCNC(=O)c1cccc(CNC2=NCC3CN(C(=O)OC(C)(C)C)CCN23)c1. The summed E-state index contributed by atoms with van der Waals surface area (Å²) in [5.41, 5.74) is 1.19. The molecule has 29 heavy (non-hydrogen) atoms. The van der Waals surface area contributed by atoms with Gasteiger partial charge in [-0.3, -0.25) is 9.79 Å². The number of amides is 2. The number of nitrogens with one attached hydrogen (secondary N) is 2. The van der Waals surface area contributed by atoms with Crippen LogP contribution >= 0.6 is 0 Å². The summed E-state index contributed by atoms with van der Waals surface area (Å²) in [6, 6.07) is 7.75. The number of hydrogen-bond acceptors (Lipinski definition) is 6. The van der Waals surface area contributed by atoms with E-state index in [4.69, 9.17) is 4.74 Å². The van der Waals surface area contributed by atoms with Gasteiger partial charge < -0.3 is 25.2 Å². The summed E-state index contributed by atoms with van der Waals surface area (Å²) in [6.45, 7) is 11.3. The van der Waals surface area contributed by atoms with Crippen molar-refractivity contribution < 1.29 is 14.3 Å². The van der Waals surface area contributed by atoms with E-state index >= 15 is 0 Å². The van der Waals surface area contributed by atoms with E-state index in [0.717, 1.165) is 11.5 Å². The zero-order chi connectivity index (χ0) is 21.0. The summed E-state index contributed by atoms with van der Waals surface area (Å²) in [6.07, 6.45) is -0.263. The third-order valence-corrected chi connectivity index (χ3v) is 4.84. The van der Waals surface area contributed by atoms with Gasteiger partial charge in [-0.2, -0.15) is 0 Å². The number of hydrogen-bond donors (Lipinski definition) is 2. The average Bonchev–Trinajstić information content (AvgIpc) is 3.08. The third kappa shape index (κ3) is 5.40. The van der Waals surface area contributed by atoms with E-state index in [0.29, 0.717) is 44.8 Å². The number of guanidine groups is 1. The summed E-state index contributed by atoms with van der Waals surface area (Å²) in [7, 11) is 0. The van der Waals surface area contributed by atoms with Gasteiger partial charge in [0.05, 0.1) is 12.6 Å². The van der Waals surface area contributed by atoms with E-state index in [2.05, 4.69) is 20.5 Å². The van der Waals surface area contributed by atoms with Crippen LogP contribution in [0, 0.1) is 0 Å². The Morgan fingerprint density at radius 3 is 2.79 bits per heavy atom. The predicted molar refractivity (Wildman–Crippen MR) is 112 cm³/mol. The smallest absolute Gasteiger partial charge is 0.410 e. The lowest BCUT2D eigenvalue weighted by molar-refractivity contribution is 0.0137. The van der Waals surface area contributed by atoms with Crippen molar-refractivity contribution in [3.63, 3.8) is 0 Å². The van der Waals surface area contributed by atoms with Gasteiger partial charge >= 0.3 is 6.09 Å². The molecule has 0 aromatic heterocycles. The Balaban J connectivity index is 1.53. The molecule has 1 saturated heterocycles. The van der Waals surface area contributed by atoms with Crippen molar-refractivity contribution in [3.8, 4) is 0 Å². The van der Waals surface area contributed by atoms with Gasteiger partial charge in [0.15, 0.2) is 5.96 Å². The van der Waals surface area contributed by atoms with E-state index in [1.807, 2.05) is 52.0 Å². The summed E-state index contributed by atoms with van der Waals surface area (Å²) in [5, 5.41) is 6.20. The molecule has 0 saturated carbocycles. The van der Waals surface area contributed by atoms with Crippen molar-refractivity contribution in [2.45, 2.75) is 45.9 Å². The second kappa shape index (κ2) is 8.71. The Bertz CT molecular complexity index is 787. The van der Waals surface area contributed by atoms with Crippen molar-refractivity contribution in [3.05, 3.63) is 35.4 Å². The molecular weight excluding hydrogens is 370 g/mol. The second-order valence-electron chi connectivity index (χ2n) is 8.35. The van der Waals surface area contributed by atoms with Crippen LogP contribution in [0.1, 0.15) is 43.6 Å². The second-order valence-corrected chi connectivity index (χ2v) is 8.35. The monoisotopic (exact) mass is 401 g/mol. The first kappa shape index (κ1) is 21.0. The van der Waals surface area contributed by atoms with Crippen LogP contribution in [0.2, 0.25) is 0 Å². The van der Waals surface area contributed by atoms with Gasteiger partial charge in [0.25, 0.3) is 5.91 Å². The highest BCUT2D eigenvalue weighted by Gasteiger charge is 2.36. The Morgan fingerprint density at radius 2 is 2.07 bits per heavy atom. The minimum Gasteiger partial charge on any atom is -0.444 e. The summed E-state index contributed by atoms with van der Waals surface area (Å²) in [4.78, 5) is 32.9. The molecule has 158 valence electrons. The molecule has 8 heteroatoms. The molecule has 2 heterocycles. The lowest BCUT2D eigenvalue weighted by atomic mass is 10.1. The van der Waals surface area contributed by atoms with Crippen LogP contribution < -0.4 is 10.6 Å². The first-order valence-corrected chi connectivity index (χ1v) is 10.2. The quantitative estimate of drug-likeness (QED) is 0.804. The van der Waals surface area contributed by atoms with Crippen molar-refractivity contribution in [1.82, 2.24) is 20.4 Å². The maximum Gasteiger partial charge on any atom is 0.410 e. The Hall–Kier alpha value is -2.77. The molecule has 1 aromatic rings. The van der Waals surface area contributed by atoms with Crippen LogP contribution in [0.3, 0.4) is 0 Å². The number of benzene rings is 1. The summed E-state index contributed by atoms with van der Waals surface area (Å²) < 4.78 is 5.49. The van der Waals surface area contributed by atoms with Crippen molar-refractivity contribution in [2.24, 2.45) is 4.99 Å². The van der Waals surface area contributed by atoms with E-state index in [-0.39, 0.29) is 18.0 Å². The third-order valence-electron chi connectivity index (χ3n) is 4.84. The highest BCUT2D eigenvalue weighted by Crippen LogP contribution is 2.19. The molecule has 3 rings (SSSR count). The van der Waals surface area contributed by atoms with E-state index in [1.165, 1.54) is 0 Å². The number of ether oxygens (including phenoxy) is 1. The average molecular weight is 402 g/mol. The number of carbonyl (C=O) groups is 2. The van der Waals surface area contributed by atoms with Crippen LogP contribution in [-0.4, -0.2) is 72.1 Å². The molecule has 8 nitrogen and oxygen atoms in total. The molecule has 0 radical (unpaired) electrons. The summed E-state index contributed by atoms with van der Waals surface area (Å²) in [5.74, 6) is 0.785. The molecule has 2 N–H and O–H groups in total. The molecule has 1 aromatic carbocycles. The van der Waals surface area contributed by atoms with Gasteiger partial charge in [0.1, 0.15) is 5.60 Å². The van der Waals surface area contributed by atoms with Crippen molar-refractivity contribution >= 4 is 18.0 Å². The molecule has 1 atom stereocenters. The Labute approximate surface area is 172 Å². The van der Waals surface area contributed by atoms with E-state index < -0.39 is 5.60 Å². The Morgan fingerprint density at radius 1 is 1.28 bits per heavy atom. The first-order chi connectivity index (χ1) is 13.8. The molecule has 2 aliphatic rings. The lowest BCUT2D eigenvalue weighted by Crippen LogP contribution is -2.57. The molecule has 1 fully saturated rings. The fourth-order valence-electron chi connectivity index (χ4n) is 3.49. The molecule has 0 bridgehead atoms. The van der Waals surface area contributed by atoms with Gasteiger partial charge in [0.2, 0.25) is 0 Å². The van der Waals surface area contributed by atoms with Gasteiger partial charge in [-0.05, 0) is 45.4 Å². The number of rotatable bonds is 4. The van der Waals surface area contributed by atoms with Gasteiger partial charge in [-0.15, -0.1) is 0 Å². The minimum atomic E-state index is -0.490. The topological polar surface area (TPSA) is 86.3 Å². The van der Waals surface area contributed by atoms with E-state index in [9.17, 15) is 9.59 Å². The zero-order valence-corrected chi connectivity index (χ0v) is 17.7. The molecule has 1 unspecified atom stereocenters. The lowest BCUT2D eigenvalue weighted by Gasteiger charge is -2.39. The van der Waals surface area contributed by atoms with Gasteiger partial charge in [0, 0.05) is 38.3 Å². The van der Waals surface area contributed by atoms with Gasteiger partial charge in [-0.25, -0.2) is 4.79 Å². The number of nitrogens with zero attached hydrogens (tertiary/aromatic N) is 3. The maximum absolute atomic E-state index is 12.3. The standard InChI is InChI=1S/C21H31N5O3/c1-5-22-18(27)16-8-6-7-15(11-16)12-23-19-24-13-17-14-25(9-10-26(17)19)20(28)29-21(2,3)4/h6-8,11,17H,5,9-10,12-14H2,1-4H3,(H,22,27)(H,23,24). The molecule has 2 aliphatic heterocycles. The highest BCUT2D eigenvalue weighted by atomic mass is 16.6. The number of fused-ring (bicyclic) bond motifs is 1. The van der Waals surface area contributed by atoms with Crippen LogP contribution in [-0.2, 0) is 11.3 Å². The number of piperazine rings is 1. The van der Waals surface area contributed by atoms with Crippen LogP contribution in [0.25, 0.3) is 0 Å². The first-order valence-electron chi connectivity index (χ1n) is 10.2. The fraction of sp³-hybridized carbons (Fsp3) is 0.571. The number of aliphatic imine (C=N–C) groups is 1.